The van der Waals surface area contributed by atoms with Gasteiger partial charge in [0.15, 0.2) is 11.4 Å². The van der Waals surface area contributed by atoms with Gasteiger partial charge in [0.2, 0.25) is 11.8 Å². The number of benzene rings is 1. The summed E-state index contributed by atoms with van der Waals surface area (Å²) in [7, 11) is 0. The van der Waals surface area contributed by atoms with Crippen molar-refractivity contribution in [1.82, 2.24) is 29.4 Å². The number of fused-ring (bicyclic) bond motifs is 1. The summed E-state index contributed by atoms with van der Waals surface area (Å²) < 4.78 is 6.95. The van der Waals surface area contributed by atoms with Gasteiger partial charge in [0.25, 0.3) is 0 Å². The summed E-state index contributed by atoms with van der Waals surface area (Å²) in [5.74, 6) is 1.31. The molecule has 0 amide bonds. The van der Waals surface area contributed by atoms with Crippen LogP contribution in [0.4, 0.5) is 5.95 Å². The molecule has 8 nitrogen and oxygen atoms in total. The van der Waals surface area contributed by atoms with Gasteiger partial charge in [-0.2, -0.15) is 4.52 Å². The van der Waals surface area contributed by atoms with Crippen molar-refractivity contribution in [2.24, 2.45) is 0 Å². The normalized spacial score (nSPS) is 14.5. The van der Waals surface area contributed by atoms with E-state index in [-0.39, 0.29) is 5.95 Å². The molecule has 1 aliphatic rings. The second-order valence-electron chi connectivity index (χ2n) is 8.93. The van der Waals surface area contributed by atoms with Crippen LogP contribution in [0, 0.1) is 0 Å². The Morgan fingerprint density at radius 2 is 1.79 bits per heavy atom. The Morgan fingerprint density at radius 3 is 2.45 bits per heavy atom. The number of nitrogens with two attached hydrogens (primary N) is 1. The van der Waals surface area contributed by atoms with Crippen molar-refractivity contribution in [1.29, 1.82) is 0 Å². The number of nitrogen functional groups attached to an aromatic ring is 1. The minimum absolute atomic E-state index is 0.262. The van der Waals surface area contributed by atoms with Gasteiger partial charge in [-0.3, -0.25) is 4.90 Å². The molecular formula is C30H35N7O. The largest absolute Gasteiger partial charge is 0.461 e. The molecule has 1 saturated heterocycles. The van der Waals surface area contributed by atoms with E-state index in [2.05, 4.69) is 74.4 Å². The number of rotatable bonds is 7. The van der Waals surface area contributed by atoms with Crippen LogP contribution < -0.4 is 5.73 Å². The van der Waals surface area contributed by atoms with E-state index in [1.165, 1.54) is 10.1 Å². The molecular weight excluding hydrogens is 474 g/mol. The molecule has 0 saturated carbocycles. The van der Waals surface area contributed by atoms with Gasteiger partial charge in [-0.15, -0.1) is 11.7 Å². The lowest BCUT2D eigenvalue weighted by atomic mass is 10.1. The first-order valence-electron chi connectivity index (χ1n) is 12.7. The van der Waals surface area contributed by atoms with Crippen molar-refractivity contribution in [3.8, 4) is 11.6 Å². The van der Waals surface area contributed by atoms with Gasteiger partial charge in [0.05, 0.1) is 12.0 Å². The molecule has 1 fully saturated rings. The van der Waals surface area contributed by atoms with Crippen LogP contribution in [0.15, 0.2) is 102 Å². The molecule has 0 aliphatic carbocycles. The Labute approximate surface area is 224 Å². The molecule has 2 N–H and O–H groups in total. The highest BCUT2D eigenvalue weighted by Gasteiger charge is 2.18. The highest BCUT2D eigenvalue weighted by molar-refractivity contribution is 5.76. The number of allylic oxidation sites excluding steroid dienone is 5. The third-order valence-corrected chi connectivity index (χ3v) is 6.08. The predicted octanol–water partition coefficient (Wildman–Crippen LogP) is 5.45. The molecule has 38 heavy (non-hydrogen) atoms. The van der Waals surface area contributed by atoms with E-state index in [0.717, 1.165) is 49.7 Å². The molecule has 0 unspecified atom stereocenters. The Balaban J connectivity index is 0.00000107. The van der Waals surface area contributed by atoms with Crippen molar-refractivity contribution < 1.29 is 4.42 Å². The number of piperazine rings is 1. The van der Waals surface area contributed by atoms with Crippen molar-refractivity contribution in [2.45, 2.75) is 20.4 Å². The van der Waals surface area contributed by atoms with Crippen molar-refractivity contribution in [3.63, 3.8) is 0 Å². The lowest BCUT2D eigenvalue weighted by molar-refractivity contribution is 0.156. The molecule has 5 rings (SSSR count). The molecule has 1 aromatic carbocycles. The summed E-state index contributed by atoms with van der Waals surface area (Å²) in [6.45, 7) is 16.4. The molecule has 3 aromatic heterocycles. The number of aromatic nitrogens is 4. The zero-order valence-electron chi connectivity index (χ0n) is 22.1. The van der Waals surface area contributed by atoms with Gasteiger partial charge >= 0.3 is 0 Å². The minimum Gasteiger partial charge on any atom is -0.461 e. The maximum absolute atomic E-state index is 6.24. The number of hydrogen-bond acceptors (Lipinski definition) is 7. The molecule has 0 atom stereocenters. The monoisotopic (exact) mass is 509 g/mol. The fourth-order valence-electron chi connectivity index (χ4n) is 4.26. The van der Waals surface area contributed by atoms with Gasteiger partial charge in [-0.25, -0.2) is 9.97 Å². The maximum atomic E-state index is 6.24. The van der Waals surface area contributed by atoms with E-state index >= 15 is 0 Å². The van der Waals surface area contributed by atoms with Gasteiger partial charge in [0.1, 0.15) is 0 Å². The molecule has 4 heterocycles. The average molecular weight is 510 g/mol. The van der Waals surface area contributed by atoms with Crippen molar-refractivity contribution >= 4 is 17.2 Å². The predicted molar refractivity (Wildman–Crippen MR) is 154 cm³/mol. The molecule has 4 aromatic rings. The fourth-order valence-corrected chi connectivity index (χ4v) is 4.26. The molecule has 0 bridgehead atoms. The van der Waals surface area contributed by atoms with Crippen LogP contribution in [-0.4, -0.2) is 55.6 Å². The average Bonchev–Trinajstić information content (AvgIpc) is 3.60. The van der Waals surface area contributed by atoms with Gasteiger partial charge in [0, 0.05) is 50.1 Å². The zero-order chi connectivity index (χ0) is 26.9. The third-order valence-electron chi connectivity index (χ3n) is 6.08. The van der Waals surface area contributed by atoms with E-state index in [4.69, 9.17) is 10.2 Å². The van der Waals surface area contributed by atoms with Crippen LogP contribution in [0.25, 0.3) is 22.8 Å². The van der Waals surface area contributed by atoms with Crippen LogP contribution in [0.3, 0.4) is 0 Å². The Hall–Kier alpha value is -4.43. The zero-order valence-corrected chi connectivity index (χ0v) is 22.1. The summed E-state index contributed by atoms with van der Waals surface area (Å²) in [4.78, 5) is 14.0. The first-order chi connectivity index (χ1) is 18.5. The molecule has 196 valence electrons. The molecule has 8 heteroatoms. The molecule has 1 aliphatic heterocycles. The lowest BCUT2D eigenvalue weighted by Crippen LogP contribution is -2.44. The summed E-state index contributed by atoms with van der Waals surface area (Å²) >= 11 is 0. The number of nitrogens with zero attached hydrogens (tertiary/aromatic N) is 6. The van der Waals surface area contributed by atoms with E-state index in [0.29, 0.717) is 17.2 Å². The molecule has 0 spiro atoms. The lowest BCUT2D eigenvalue weighted by Gasteiger charge is -2.36. The second kappa shape index (κ2) is 12.7. The Morgan fingerprint density at radius 1 is 1.05 bits per heavy atom. The van der Waals surface area contributed by atoms with Gasteiger partial charge in [-0.1, -0.05) is 55.1 Å². The summed E-state index contributed by atoms with van der Waals surface area (Å²) in [5, 5.41) is 4.43. The minimum atomic E-state index is 0.262. The van der Waals surface area contributed by atoms with Crippen LogP contribution in [0.2, 0.25) is 0 Å². The quantitative estimate of drug-likeness (QED) is 0.262. The summed E-state index contributed by atoms with van der Waals surface area (Å²) in [6.07, 6.45) is 9.40. The van der Waals surface area contributed by atoms with Crippen LogP contribution in [0.1, 0.15) is 25.1 Å². The third kappa shape index (κ3) is 6.46. The van der Waals surface area contributed by atoms with Gasteiger partial charge < -0.3 is 15.1 Å². The first-order valence-corrected chi connectivity index (χ1v) is 12.7. The fraction of sp³-hybridized carbons (Fsp3) is 0.233. The van der Waals surface area contributed by atoms with E-state index in [9.17, 15) is 0 Å². The number of hydrogen-bond donors (Lipinski definition) is 1. The molecule has 0 radical (unpaired) electrons. The first kappa shape index (κ1) is 26.6. The number of anilines is 1. The SMILES string of the molecule is C=C(/C=C(\C=C/C)c1cc2nc(-c3ccco3)nn2c(N)n1)N1CCN(Cc2ccccc2)CC1.C=CC. The van der Waals surface area contributed by atoms with Gasteiger partial charge in [-0.05, 0) is 37.6 Å². The highest BCUT2D eigenvalue weighted by Crippen LogP contribution is 2.23. The van der Waals surface area contributed by atoms with Crippen LogP contribution >= 0.6 is 0 Å². The van der Waals surface area contributed by atoms with E-state index < -0.39 is 0 Å². The highest BCUT2D eigenvalue weighted by atomic mass is 16.3. The number of furan rings is 1. The van der Waals surface area contributed by atoms with Crippen molar-refractivity contribution in [2.75, 3.05) is 31.9 Å². The van der Waals surface area contributed by atoms with Crippen LogP contribution in [0.5, 0.6) is 0 Å². The van der Waals surface area contributed by atoms with E-state index in [1.54, 1.807) is 18.4 Å². The summed E-state index contributed by atoms with van der Waals surface area (Å²) in [5.41, 5.74) is 10.8. The maximum Gasteiger partial charge on any atom is 0.223 e. The van der Waals surface area contributed by atoms with E-state index in [1.807, 2.05) is 38.1 Å². The summed E-state index contributed by atoms with van der Waals surface area (Å²) in [6, 6.07) is 16.1. The second-order valence-corrected chi connectivity index (χ2v) is 8.93. The standard InChI is InChI=1S/C27H29N7O.C3H6/c1-3-8-22(17-20(2)33-14-12-32(13-15-33)19-21-9-5-4-6-10-21)23-18-25-30-26(24-11-7-16-35-24)31-34(25)27(28)29-23;1-3-2/h3-11,16-18H,2,12-15,19H2,1H3,(H2,28,29);3H,1H2,2H3/b8-3-,22-17+;. The van der Waals surface area contributed by atoms with Crippen molar-refractivity contribution in [3.05, 3.63) is 109 Å². The Bertz CT molecular complexity index is 1410. The topological polar surface area (TPSA) is 88.7 Å². The smallest absolute Gasteiger partial charge is 0.223 e. The van der Waals surface area contributed by atoms with Crippen LogP contribution in [-0.2, 0) is 6.54 Å². The Kier molecular flexibility index (Phi) is 8.89.